The van der Waals surface area contributed by atoms with Crippen LogP contribution in [0, 0.1) is 6.92 Å². The van der Waals surface area contributed by atoms with E-state index >= 15 is 0 Å². The summed E-state index contributed by atoms with van der Waals surface area (Å²) in [6, 6.07) is 6.10. The van der Waals surface area contributed by atoms with Crippen molar-refractivity contribution in [2.45, 2.75) is 39.8 Å². The average molecular weight is 276 g/mol. The summed E-state index contributed by atoms with van der Waals surface area (Å²) in [5.41, 5.74) is 9.16. The minimum atomic E-state index is -0.0303. The highest BCUT2D eigenvalue weighted by atomic mass is 32.1. The van der Waals surface area contributed by atoms with E-state index in [4.69, 9.17) is 10.5 Å². The van der Waals surface area contributed by atoms with Gasteiger partial charge in [-0.2, -0.15) is 0 Å². The molecule has 1 aromatic carbocycles. The summed E-state index contributed by atoms with van der Waals surface area (Å²) in [7, 11) is 0. The number of aryl methyl sites for hydroxylation is 2. The molecule has 0 aliphatic heterocycles. The van der Waals surface area contributed by atoms with Crippen molar-refractivity contribution in [3.05, 3.63) is 45.4 Å². The van der Waals surface area contributed by atoms with Crippen LogP contribution < -0.4 is 10.5 Å². The molecule has 0 spiro atoms. The van der Waals surface area contributed by atoms with Gasteiger partial charge in [0.15, 0.2) is 0 Å². The minimum Gasteiger partial charge on any atom is -0.487 e. The van der Waals surface area contributed by atoms with Crippen LogP contribution in [0.25, 0.3) is 0 Å². The van der Waals surface area contributed by atoms with E-state index < -0.39 is 0 Å². The van der Waals surface area contributed by atoms with Crippen LogP contribution in [0.15, 0.2) is 23.6 Å². The predicted octanol–water partition coefficient (Wildman–Crippen LogP) is 3.61. The first-order valence-electron chi connectivity index (χ1n) is 6.52. The highest BCUT2D eigenvalue weighted by Gasteiger charge is 2.09. The zero-order valence-corrected chi connectivity index (χ0v) is 12.5. The first-order valence-corrected chi connectivity index (χ1v) is 7.40. The molecular formula is C15H20N2OS. The molecule has 0 fully saturated rings. The van der Waals surface area contributed by atoms with Crippen LogP contribution in [-0.2, 0) is 13.0 Å². The third-order valence-electron chi connectivity index (χ3n) is 2.94. The normalized spacial score (nSPS) is 12.4. The Bertz CT molecular complexity index is 549. The van der Waals surface area contributed by atoms with Crippen molar-refractivity contribution in [3.8, 4) is 5.75 Å². The van der Waals surface area contributed by atoms with E-state index in [-0.39, 0.29) is 6.04 Å². The van der Waals surface area contributed by atoms with Gasteiger partial charge in [-0.05, 0) is 31.9 Å². The second kappa shape index (κ2) is 6.17. The summed E-state index contributed by atoms with van der Waals surface area (Å²) in [5, 5.41) is 3.20. The fourth-order valence-electron chi connectivity index (χ4n) is 1.87. The van der Waals surface area contributed by atoms with Crippen LogP contribution in [-0.4, -0.2) is 4.98 Å². The van der Waals surface area contributed by atoms with Crippen molar-refractivity contribution in [2.75, 3.05) is 0 Å². The molecule has 3 nitrogen and oxygen atoms in total. The fraction of sp³-hybridized carbons (Fsp3) is 0.400. The number of hydrogen-bond acceptors (Lipinski definition) is 4. The molecule has 0 aliphatic rings. The van der Waals surface area contributed by atoms with Crippen LogP contribution in [0.5, 0.6) is 5.75 Å². The number of aromatic nitrogens is 1. The Balaban J connectivity index is 2.12. The lowest BCUT2D eigenvalue weighted by atomic mass is 10.1. The standard InChI is InChI=1S/C15H20N2OS/c1-4-15-17-12(9-19-15)8-18-14-7-10(2)5-6-13(14)11(3)16/h5-7,9,11H,4,8,16H2,1-3H3/t11-/m0/s1. The molecule has 1 heterocycles. The molecule has 2 rings (SSSR count). The summed E-state index contributed by atoms with van der Waals surface area (Å²) in [5.74, 6) is 0.862. The topological polar surface area (TPSA) is 48.1 Å². The summed E-state index contributed by atoms with van der Waals surface area (Å²) >= 11 is 1.68. The molecular weight excluding hydrogens is 256 g/mol. The fourth-order valence-corrected chi connectivity index (χ4v) is 2.60. The third-order valence-corrected chi connectivity index (χ3v) is 3.98. The first kappa shape index (κ1) is 14.0. The highest BCUT2D eigenvalue weighted by Crippen LogP contribution is 2.26. The van der Waals surface area contributed by atoms with Crippen LogP contribution >= 0.6 is 11.3 Å². The molecule has 102 valence electrons. The molecule has 0 aliphatic carbocycles. The van der Waals surface area contributed by atoms with Gasteiger partial charge in [-0.1, -0.05) is 19.1 Å². The molecule has 4 heteroatoms. The maximum atomic E-state index is 5.97. The van der Waals surface area contributed by atoms with Gasteiger partial charge in [-0.15, -0.1) is 11.3 Å². The van der Waals surface area contributed by atoms with Crippen molar-refractivity contribution in [3.63, 3.8) is 0 Å². The van der Waals surface area contributed by atoms with Gasteiger partial charge in [0.25, 0.3) is 0 Å². The van der Waals surface area contributed by atoms with Crippen LogP contribution in [0.2, 0.25) is 0 Å². The lowest BCUT2D eigenvalue weighted by Gasteiger charge is -2.14. The summed E-state index contributed by atoms with van der Waals surface area (Å²) < 4.78 is 5.89. The number of rotatable bonds is 5. The molecule has 0 unspecified atom stereocenters. The van der Waals surface area contributed by atoms with E-state index in [0.29, 0.717) is 6.61 Å². The van der Waals surface area contributed by atoms with E-state index in [1.807, 2.05) is 19.1 Å². The second-order valence-corrected chi connectivity index (χ2v) is 5.65. The molecule has 1 atom stereocenters. The lowest BCUT2D eigenvalue weighted by Crippen LogP contribution is -2.08. The largest absolute Gasteiger partial charge is 0.487 e. The summed E-state index contributed by atoms with van der Waals surface area (Å²) in [6.45, 7) is 6.63. The quantitative estimate of drug-likeness (QED) is 0.907. The van der Waals surface area contributed by atoms with Gasteiger partial charge < -0.3 is 10.5 Å². The minimum absolute atomic E-state index is 0.0303. The van der Waals surface area contributed by atoms with E-state index in [1.54, 1.807) is 11.3 Å². The summed E-state index contributed by atoms with van der Waals surface area (Å²) in [6.07, 6.45) is 0.972. The van der Waals surface area contributed by atoms with E-state index in [2.05, 4.69) is 30.3 Å². The van der Waals surface area contributed by atoms with Crippen molar-refractivity contribution in [2.24, 2.45) is 5.73 Å². The molecule has 0 radical (unpaired) electrons. The Morgan fingerprint density at radius 1 is 1.42 bits per heavy atom. The van der Waals surface area contributed by atoms with Crippen LogP contribution in [0.4, 0.5) is 0 Å². The van der Waals surface area contributed by atoms with Gasteiger partial charge >= 0.3 is 0 Å². The third kappa shape index (κ3) is 3.55. The maximum Gasteiger partial charge on any atom is 0.131 e. The van der Waals surface area contributed by atoms with Crippen molar-refractivity contribution in [1.29, 1.82) is 0 Å². The Hall–Kier alpha value is -1.39. The monoisotopic (exact) mass is 276 g/mol. The van der Waals surface area contributed by atoms with E-state index in [0.717, 1.165) is 28.4 Å². The lowest BCUT2D eigenvalue weighted by molar-refractivity contribution is 0.297. The molecule has 1 aromatic heterocycles. The van der Waals surface area contributed by atoms with Crippen molar-refractivity contribution < 1.29 is 4.74 Å². The Morgan fingerprint density at radius 3 is 2.84 bits per heavy atom. The molecule has 0 saturated carbocycles. The molecule has 19 heavy (non-hydrogen) atoms. The molecule has 0 amide bonds. The molecule has 2 N–H and O–H groups in total. The van der Waals surface area contributed by atoms with E-state index in [1.165, 1.54) is 5.56 Å². The van der Waals surface area contributed by atoms with Gasteiger partial charge in [0.05, 0.1) is 10.7 Å². The van der Waals surface area contributed by atoms with Gasteiger partial charge in [-0.3, -0.25) is 0 Å². The van der Waals surface area contributed by atoms with Crippen LogP contribution in [0.1, 0.15) is 41.7 Å². The number of thiazole rings is 1. The zero-order chi connectivity index (χ0) is 13.8. The smallest absolute Gasteiger partial charge is 0.131 e. The first-order chi connectivity index (χ1) is 9.10. The second-order valence-electron chi connectivity index (χ2n) is 4.70. The Morgan fingerprint density at radius 2 is 2.21 bits per heavy atom. The van der Waals surface area contributed by atoms with Gasteiger partial charge in [0.2, 0.25) is 0 Å². The van der Waals surface area contributed by atoms with Gasteiger partial charge in [0.1, 0.15) is 12.4 Å². The number of ether oxygens (including phenoxy) is 1. The molecule has 0 bridgehead atoms. The summed E-state index contributed by atoms with van der Waals surface area (Å²) in [4.78, 5) is 4.50. The maximum absolute atomic E-state index is 5.97. The van der Waals surface area contributed by atoms with Gasteiger partial charge in [-0.25, -0.2) is 4.98 Å². The number of benzene rings is 1. The predicted molar refractivity (Wildman–Crippen MR) is 79.6 cm³/mol. The van der Waals surface area contributed by atoms with Crippen molar-refractivity contribution >= 4 is 11.3 Å². The van der Waals surface area contributed by atoms with Gasteiger partial charge in [0, 0.05) is 17.0 Å². The number of nitrogens with two attached hydrogens (primary N) is 1. The molecule has 0 saturated heterocycles. The number of hydrogen-bond donors (Lipinski definition) is 1. The number of nitrogens with zero attached hydrogens (tertiary/aromatic N) is 1. The Labute approximate surface area is 118 Å². The van der Waals surface area contributed by atoms with Crippen molar-refractivity contribution in [1.82, 2.24) is 4.98 Å². The highest BCUT2D eigenvalue weighted by molar-refractivity contribution is 7.09. The average Bonchev–Trinajstić information content (AvgIpc) is 2.84. The SMILES string of the molecule is CCc1nc(COc2cc(C)ccc2[C@H](C)N)cs1. The zero-order valence-electron chi connectivity index (χ0n) is 11.6. The van der Waals surface area contributed by atoms with E-state index in [9.17, 15) is 0 Å². The Kier molecular flexibility index (Phi) is 4.56. The molecule has 2 aromatic rings. The van der Waals surface area contributed by atoms with Crippen LogP contribution in [0.3, 0.4) is 0 Å².